The molecule has 26 heavy (non-hydrogen) atoms. The number of rotatable bonds is 5. The summed E-state index contributed by atoms with van der Waals surface area (Å²) in [6, 6.07) is 8.64. The van der Waals surface area contributed by atoms with Crippen molar-refractivity contribution in [3.05, 3.63) is 30.3 Å². The fraction of sp³-hybridized carbons (Fsp3) is 0.526. The molecule has 2 heterocycles. The van der Waals surface area contributed by atoms with Gasteiger partial charge in [-0.25, -0.2) is 4.79 Å². The molecule has 0 aromatic heterocycles. The summed E-state index contributed by atoms with van der Waals surface area (Å²) in [7, 11) is 0. The molecule has 0 aliphatic carbocycles. The van der Waals surface area contributed by atoms with Crippen molar-refractivity contribution >= 4 is 23.2 Å². The Balaban J connectivity index is 2.02. The van der Waals surface area contributed by atoms with Crippen molar-refractivity contribution in [3.8, 4) is 0 Å². The number of anilines is 1. The van der Waals surface area contributed by atoms with Crippen molar-refractivity contribution in [2.45, 2.75) is 45.6 Å². The van der Waals surface area contributed by atoms with E-state index in [0.29, 0.717) is 0 Å². The van der Waals surface area contributed by atoms with Gasteiger partial charge in [0.1, 0.15) is 6.04 Å². The van der Waals surface area contributed by atoms with E-state index in [1.807, 2.05) is 30.3 Å². The zero-order valence-corrected chi connectivity index (χ0v) is 15.5. The molecule has 7 heteroatoms. The normalized spacial score (nSPS) is 27.3. The summed E-state index contributed by atoms with van der Waals surface area (Å²) in [6.07, 6.45) is -0.462. The number of ketones is 1. The van der Waals surface area contributed by atoms with Crippen molar-refractivity contribution < 1.29 is 23.8 Å². The van der Waals surface area contributed by atoms with Crippen LogP contribution in [0, 0.1) is 5.92 Å². The van der Waals surface area contributed by atoms with E-state index in [-0.39, 0.29) is 24.7 Å². The molecule has 0 amide bonds. The van der Waals surface area contributed by atoms with Crippen LogP contribution in [0.2, 0.25) is 0 Å². The van der Waals surface area contributed by atoms with Crippen LogP contribution in [0.5, 0.6) is 0 Å². The van der Waals surface area contributed by atoms with Crippen molar-refractivity contribution in [1.82, 2.24) is 0 Å². The summed E-state index contributed by atoms with van der Waals surface area (Å²) in [5.74, 6) is -1.97. The van der Waals surface area contributed by atoms with Crippen LogP contribution in [0.15, 0.2) is 35.4 Å². The quantitative estimate of drug-likeness (QED) is 0.749. The Bertz CT molecular complexity index is 716. The number of hydrogen-bond donors (Lipinski definition) is 0. The van der Waals surface area contributed by atoms with Gasteiger partial charge < -0.3 is 14.2 Å². The minimum atomic E-state index is -0.772. The lowest BCUT2D eigenvalue weighted by Gasteiger charge is -2.29. The highest BCUT2D eigenvalue weighted by molar-refractivity contribution is 6.39. The molecule has 1 aromatic carbocycles. The Morgan fingerprint density at radius 2 is 2.00 bits per heavy atom. The number of ether oxygens (including phenoxy) is 3. The van der Waals surface area contributed by atoms with Crippen molar-refractivity contribution in [2.75, 3.05) is 18.2 Å². The zero-order valence-electron chi connectivity index (χ0n) is 15.5. The number of carbonyl (C=O) groups is 2. The standard InChI is InChI=1S/C19H24N2O5/c1-5-24-18(23)16-15(14-11-25-19(3,4)26-14)17(12(2)22)21(20-16)13-9-7-6-8-10-13/h6-10,14-15,17H,5,11H2,1-4H3/t14-,15+,17-/m1/s1. The molecule has 0 spiro atoms. The van der Waals surface area contributed by atoms with E-state index in [0.717, 1.165) is 5.69 Å². The highest BCUT2D eigenvalue weighted by atomic mass is 16.7. The topological polar surface area (TPSA) is 77.4 Å². The third kappa shape index (κ3) is 3.50. The molecular formula is C19H24N2O5. The predicted molar refractivity (Wildman–Crippen MR) is 95.9 cm³/mol. The minimum Gasteiger partial charge on any atom is -0.461 e. The van der Waals surface area contributed by atoms with Gasteiger partial charge in [0.15, 0.2) is 17.3 Å². The minimum absolute atomic E-state index is 0.102. The van der Waals surface area contributed by atoms with Crippen LogP contribution in [-0.4, -0.2) is 48.6 Å². The molecule has 3 rings (SSSR count). The summed E-state index contributed by atoms with van der Waals surface area (Å²) in [4.78, 5) is 25.1. The van der Waals surface area contributed by atoms with Crippen molar-refractivity contribution in [3.63, 3.8) is 0 Å². The molecule has 1 aromatic rings. The van der Waals surface area contributed by atoms with Crippen LogP contribution in [0.25, 0.3) is 0 Å². The lowest BCUT2D eigenvalue weighted by molar-refractivity contribution is -0.145. The molecule has 2 aliphatic rings. The maximum atomic E-state index is 12.5. The Morgan fingerprint density at radius 1 is 1.31 bits per heavy atom. The molecule has 140 valence electrons. The van der Waals surface area contributed by atoms with Crippen molar-refractivity contribution in [1.29, 1.82) is 0 Å². The summed E-state index contributed by atoms with van der Waals surface area (Å²) in [5.41, 5.74) is 0.928. The maximum absolute atomic E-state index is 12.5. The van der Waals surface area contributed by atoms with Crippen LogP contribution in [0.3, 0.4) is 0 Å². The molecule has 0 bridgehead atoms. The molecule has 1 fully saturated rings. The van der Waals surface area contributed by atoms with E-state index in [9.17, 15) is 9.59 Å². The first kappa shape index (κ1) is 18.5. The Labute approximate surface area is 152 Å². The maximum Gasteiger partial charge on any atom is 0.354 e. The van der Waals surface area contributed by atoms with Gasteiger partial charge in [-0.3, -0.25) is 9.80 Å². The van der Waals surface area contributed by atoms with E-state index in [1.165, 1.54) is 6.92 Å². The number of nitrogens with zero attached hydrogens (tertiary/aromatic N) is 2. The monoisotopic (exact) mass is 360 g/mol. The smallest absolute Gasteiger partial charge is 0.354 e. The molecule has 1 saturated heterocycles. The molecule has 0 saturated carbocycles. The van der Waals surface area contributed by atoms with Crippen LogP contribution < -0.4 is 5.01 Å². The van der Waals surface area contributed by atoms with E-state index in [1.54, 1.807) is 25.8 Å². The molecular weight excluding hydrogens is 336 g/mol. The van der Waals surface area contributed by atoms with E-state index in [4.69, 9.17) is 14.2 Å². The molecule has 3 atom stereocenters. The van der Waals surface area contributed by atoms with Gasteiger partial charge in [0, 0.05) is 0 Å². The molecule has 0 unspecified atom stereocenters. The second kappa shape index (κ2) is 7.17. The summed E-state index contributed by atoms with van der Waals surface area (Å²) >= 11 is 0. The van der Waals surface area contributed by atoms with Crippen LogP contribution in [-0.2, 0) is 23.8 Å². The lowest BCUT2D eigenvalue weighted by Crippen LogP contribution is -2.47. The Morgan fingerprint density at radius 3 is 2.54 bits per heavy atom. The van der Waals surface area contributed by atoms with Gasteiger partial charge >= 0.3 is 5.97 Å². The average Bonchev–Trinajstić information content (AvgIpc) is 3.16. The summed E-state index contributed by atoms with van der Waals surface area (Å²) < 4.78 is 16.8. The number of hydrogen-bond acceptors (Lipinski definition) is 7. The molecule has 0 radical (unpaired) electrons. The van der Waals surface area contributed by atoms with Gasteiger partial charge in [0.2, 0.25) is 0 Å². The average molecular weight is 360 g/mol. The van der Waals surface area contributed by atoms with Gasteiger partial charge in [0.25, 0.3) is 0 Å². The van der Waals surface area contributed by atoms with Gasteiger partial charge in [-0.2, -0.15) is 5.10 Å². The predicted octanol–water partition coefficient (Wildman–Crippen LogP) is 2.15. The van der Waals surface area contributed by atoms with Gasteiger partial charge in [0.05, 0.1) is 30.9 Å². The lowest BCUT2D eigenvalue weighted by atomic mass is 9.87. The molecule has 2 aliphatic heterocycles. The Hall–Kier alpha value is -2.25. The third-order valence-electron chi connectivity index (χ3n) is 4.49. The SMILES string of the molecule is CCOC(=O)C1=NN(c2ccccc2)[C@H](C(C)=O)[C@H]1[C@H]1COC(C)(C)O1. The highest BCUT2D eigenvalue weighted by Gasteiger charge is 2.52. The molecule has 0 N–H and O–H groups in total. The number of esters is 1. The number of para-hydroxylation sites is 1. The van der Waals surface area contributed by atoms with Gasteiger partial charge in [-0.05, 0) is 39.8 Å². The Kier molecular flexibility index (Phi) is 5.11. The summed E-state index contributed by atoms with van der Waals surface area (Å²) in [6.45, 7) is 7.36. The summed E-state index contributed by atoms with van der Waals surface area (Å²) in [5, 5.41) is 6.06. The fourth-order valence-electron chi connectivity index (χ4n) is 3.42. The highest BCUT2D eigenvalue weighted by Crippen LogP contribution is 2.37. The van der Waals surface area contributed by atoms with Crippen molar-refractivity contribution in [2.24, 2.45) is 11.0 Å². The van der Waals surface area contributed by atoms with E-state index < -0.39 is 29.8 Å². The largest absolute Gasteiger partial charge is 0.461 e. The second-order valence-electron chi connectivity index (χ2n) is 6.83. The number of Topliss-reactive ketones (excluding diaryl/α,β-unsaturated/α-hetero) is 1. The van der Waals surface area contributed by atoms with Crippen LogP contribution >= 0.6 is 0 Å². The number of benzene rings is 1. The number of carbonyl (C=O) groups excluding carboxylic acids is 2. The van der Waals surface area contributed by atoms with Crippen LogP contribution in [0.1, 0.15) is 27.7 Å². The van der Waals surface area contributed by atoms with Gasteiger partial charge in [-0.15, -0.1) is 0 Å². The number of hydrazone groups is 1. The third-order valence-corrected chi connectivity index (χ3v) is 4.49. The van der Waals surface area contributed by atoms with E-state index >= 15 is 0 Å². The zero-order chi connectivity index (χ0) is 18.9. The molecule has 7 nitrogen and oxygen atoms in total. The van der Waals surface area contributed by atoms with Crippen LogP contribution in [0.4, 0.5) is 5.69 Å². The first-order chi connectivity index (χ1) is 12.3. The first-order valence-electron chi connectivity index (χ1n) is 8.76. The van der Waals surface area contributed by atoms with Gasteiger partial charge in [-0.1, -0.05) is 18.2 Å². The second-order valence-corrected chi connectivity index (χ2v) is 6.83. The van der Waals surface area contributed by atoms with E-state index in [2.05, 4.69) is 5.10 Å². The fourth-order valence-corrected chi connectivity index (χ4v) is 3.42. The first-order valence-corrected chi connectivity index (χ1v) is 8.76.